The Labute approximate surface area is 137 Å². The number of carbonyl (C=O) groups excluding carboxylic acids is 2. The summed E-state index contributed by atoms with van der Waals surface area (Å²) in [6, 6.07) is 7.14. The zero-order valence-electron chi connectivity index (χ0n) is 14.0. The molecule has 0 saturated heterocycles. The van der Waals surface area contributed by atoms with Crippen molar-refractivity contribution in [1.29, 1.82) is 0 Å². The summed E-state index contributed by atoms with van der Waals surface area (Å²) in [4.78, 5) is 24.2. The fraction of sp³-hybridized carbons (Fsp3) is 0.444. The molecule has 0 bridgehead atoms. The van der Waals surface area contributed by atoms with E-state index in [1.54, 1.807) is 18.2 Å². The highest BCUT2D eigenvalue weighted by atomic mass is 16.6. The molecule has 0 saturated carbocycles. The lowest BCUT2D eigenvalue weighted by molar-refractivity contribution is -0.147. The highest BCUT2D eigenvalue weighted by molar-refractivity contribution is 6.17. The minimum Gasteiger partial charge on any atom is -0.494 e. The van der Waals surface area contributed by atoms with E-state index in [0.29, 0.717) is 30.8 Å². The van der Waals surface area contributed by atoms with E-state index in [4.69, 9.17) is 14.2 Å². The largest absolute Gasteiger partial charge is 0.494 e. The molecule has 0 fully saturated rings. The summed E-state index contributed by atoms with van der Waals surface area (Å²) >= 11 is 0. The maximum Gasteiger partial charge on any atom is 0.345 e. The van der Waals surface area contributed by atoms with Gasteiger partial charge >= 0.3 is 11.9 Å². The van der Waals surface area contributed by atoms with Crippen LogP contribution in [0.4, 0.5) is 0 Å². The van der Waals surface area contributed by atoms with Gasteiger partial charge in [0.2, 0.25) is 0 Å². The zero-order valence-corrected chi connectivity index (χ0v) is 14.0. The van der Waals surface area contributed by atoms with Crippen LogP contribution in [0, 0.1) is 0 Å². The normalized spacial score (nSPS) is 9.87. The molecule has 5 nitrogen and oxygen atoms in total. The molecule has 0 aliphatic heterocycles. The maximum absolute atomic E-state index is 12.1. The minimum atomic E-state index is -0.672. The number of ether oxygens (including phenoxy) is 3. The number of esters is 2. The van der Waals surface area contributed by atoms with Gasteiger partial charge in [0.25, 0.3) is 0 Å². The molecule has 0 aliphatic carbocycles. The second-order valence-electron chi connectivity index (χ2n) is 4.84. The van der Waals surface area contributed by atoms with Gasteiger partial charge in [0.05, 0.1) is 19.8 Å². The lowest BCUT2D eigenvalue weighted by atomic mass is 10.1. The Bertz CT molecular complexity index is 526. The van der Waals surface area contributed by atoms with Crippen molar-refractivity contribution >= 4 is 18.0 Å². The van der Waals surface area contributed by atoms with Crippen molar-refractivity contribution in [3.63, 3.8) is 0 Å². The third-order valence-electron chi connectivity index (χ3n) is 2.79. The molecule has 23 heavy (non-hydrogen) atoms. The second kappa shape index (κ2) is 10.4. The summed E-state index contributed by atoms with van der Waals surface area (Å²) < 4.78 is 15.5. The van der Waals surface area contributed by atoms with Crippen LogP contribution in [0.25, 0.3) is 6.08 Å². The molecule has 0 amide bonds. The van der Waals surface area contributed by atoms with Gasteiger partial charge < -0.3 is 14.2 Å². The quantitative estimate of drug-likeness (QED) is 0.302. The molecule has 0 spiro atoms. The first-order valence-electron chi connectivity index (χ1n) is 7.91. The van der Waals surface area contributed by atoms with Gasteiger partial charge in [-0.15, -0.1) is 0 Å². The smallest absolute Gasteiger partial charge is 0.345 e. The van der Waals surface area contributed by atoms with E-state index in [2.05, 4.69) is 0 Å². The van der Waals surface area contributed by atoms with Gasteiger partial charge in [-0.25, -0.2) is 9.59 Å². The number of rotatable bonds is 9. The van der Waals surface area contributed by atoms with E-state index in [1.807, 2.05) is 26.8 Å². The van der Waals surface area contributed by atoms with Crippen molar-refractivity contribution in [3.8, 4) is 5.75 Å². The number of carbonyl (C=O) groups is 2. The highest BCUT2D eigenvalue weighted by Gasteiger charge is 2.21. The van der Waals surface area contributed by atoms with Crippen LogP contribution in [0.3, 0.4) is 0 Å². The monoisotopic (exact) mass is 320 g/mol. The van der Waals surface area contributed by atoms with Crippen molar-refractivity contribution in [3.05, 3.63) is 35.4 Å². The van der Waals surface area contributed by atoms with Crippen molar-refractivity contribution in [2.75, 3.05) is 19.8 Å². The van der Waals surface area contributed by atoms with Crippen LogP contribution in [0.2, 0.25) is 0 Å². The highest BCUT2D eigenvalue weighted by Crippen LogP contribution is 2.17. The molecule has 126 valence electrons. The van der Waals surface area contributed by atoms with Crippen LogP contribution >= 0.6 is 0 Å². The summed E-state index contributed by atoms with van der Waals surface area (Å²) in [6.45, 7) is 6.72. The molecule has 0 radical (unpaired) electrons. The van der Waals surface area contributed by atoms with E-state index in [1.165, 1.54) is 6.08 Å². The van der Waals surface area contributed by atoms with Gasteiger partial charge in [-0.05, 0) is 43.5 Å². The predicted molar refractivity (Wildman–Crippen MR) is 88.1 cm³/mol. The molecule has 0 aromatic heterocycles. The molecule has 0 heterocycles. The van der Waals surface area contributed by atoms with Crippen molar-refractivity contribution in [2.45, 2.75) is 33.6 Å². The summed E-state index contributed by atoms with van der Waals surface area (Å²) in [5, 5.41) is 0. The molecular formula is C18H24O5. The number of hydrogen-bond acceptors (Lipinski definition) is 5. The lowest BCUT2D eigenvalue weighted by Crippen LogP contribution is -2.19. The average Bonchev–Trinajstić information content (AvgIpc) is 2.56. The molecule has 1 aromatic rings. The van der Waals surface area contributed by atoms with E-state index in [-0.39, 0.29) is 18.8 Å². The number of benzene rings is 1. The lowest BCUT2D eigenvalue weighted by Gasteiger charge is -2.09. The van der Waals surface area contributed by atoms with Crippen LogP contribution in [-0.2, 0) is 19.1 Å². The third-order valence-corrected chi connectivity index (χ3v) is 2.79. The van der Waals surface area contributed by atoms with Crippen LogP contribution in [0.15, 0.2) is 29.8 Å². The predicted octanol–water partition coefficient (Wildman–Crippen LogP) is 3.38. The third kappa shape index (κ3) is 6.55. The number of hydrogen-bond donors (Lipinski definition) is 0. The van der Waals surface area contributed by atoms with E-state index < -0.39 is 11.9 Å². The van der Waals surface area contributed by atoms with E-state index in [9.17, 15) is 9.59 Å². The Morgan fingerprint density at radius 2 is 1.61 bits per heavy atom. The molecule has 0 N–H and O–H groups in total. The second-order valence-corrected chi connectivity index (χ2v) is 4.84. The minimum absolute atomic E-state index is 0.111. The first-order chi connectivity index (χ1) is 11.1. The molecule has 1 rings (SSSR count). The first-order valence-corrected chi connectivity index (χ1v) is 7.91. The Balaban J connectivity index is 3.03. The molecule has 1 aromatic carbocycles. The van der Waals surface area contributed by atoms with Crippen molar-refractivity contribution in [2.24, 2.45) is 0 Å². The van der Waals surface area contributed by atoms with Gasteiger partial charge in [-0.2, -0.15) is 0 Å². The van der Waals surface area contributed by atoms with E-state index >= 15 is 0 Å². The maximum atomic E-state index is 12.1. The van der Waals surface area contributed by atoms with Gasteiger partial charge in [-0.1, -0.05) is 26.0 Å². The van der Waals surface area contributed by atoms with Crippen LogP contribution in [0.5, 0.6) is 5.75 Å². The van der Waals surface area contributed by atoms with Crippen LogP contribution in [0.1, 0.15) is 39.2 Å². The topological polar surface area (TPSA) is 61.8 Å². The Hall–Kier alpha value is -2.30. The van der Waals surface area contributed by atoms with Gasteiger partial charge in [0, 0.05) is 0 Å². The summed E-state index contributed by atoms with van der Waals surface area (Å²) in [6.07, 6.45) is 2.84. The molecule has 0 atom stereocenters. The Kier molecular flexibility index (Phi) is 8.50. The van der Waals surface area contributed by atoms with Gasteiger partial charge in [0.15, 0.2) is 0 Å². The Morgan fingerprint density at radius 1 is 1.00 bits per heavy atom. The fourth-order valence-corrected chi connectivity index (χ4v) is 1.77. The molecule has 0 aliphatic rings. The molecule has 5 heteroatoms. The first kappa shape index (κ1) is 18.7. The standard InChI is InChI=1S/C18H24O5/c1-4-10-22-17(19)16(18(20)23-11-5-2)13-14-8-7-9-15(12-14)21-6-3/h7-9,12-13H,4-6,10-11H2,1-3H3. The average molecular weight is 320 g/mol. The van der Waals surface area contributed by atoms with Crippen LogP contribution in [-0.4, -0.2) is 31.8 Å². The van der Waals surface area contributed by atoms with Gasteiger partial charge in [0.1, 0.15) is 11.3 Å². The zero-order chi connectivity index (χ0) is 17.1. The summed E-state index contributed by atoms with van der Waals surface area (Å²) in [5.74, 6) is -0.672. The van der Waals surface area contributed by atoms with E-state index in [0.717, 1.165) is 0 Å². The van der Waals surface area contributed by atoms with Gasteiger partial charge in [-0.3, -0.25) is 0 Å². The van der Waals surface area contributed by atoms with Crippen molar-refractivity contribution < 1.29 is 23.8 Å². The molecule has 0 unspecified atom stereocenters. The summed E-state index contributed by atoms with van der Waals surface area (Å²) in [5.41, 5.74) is 0.563. The van der Waals surface area contributed by atoms with Crippen LogP contribution < -0.4 is 4.74 Å². The summed E-state index contributed by atoms with van der Waals surface area (Å²) in [7, 11) is 0. The SMILES string of the molecule is CCCOC(=O)C(=Cc1cccc(OCC)c1)C(=O)OCCC. The Morgan fingerprint density at radius 3 is 2.13 bits per heavy atom. The molecular weight excluding hydrogens is 296 g/mol. The van der Waals surface area contributed by atoms with Crippen molar-refractivity contribution in [1.82, 2.24) is 0 Å². The fourth-order valence-electron chi connectivity index (χ4n) is 1.77.